The van der Waals surface area contributed by atoms with Gasteiger partial charge in [0.15, 0.2) is 5.79 Å². The average molecular weight is 487 g/mol. The minimum atomic E-state index is -0.490. The van der Waals surface area contributed by atoms with Gasteiger partial charge < -0.3 is 23.7 Å². The van der Waals surface area contributed by atoms with E-state index in [-0.39, 0.29) is 11.7 Å². The van der Waals surface area contributed by atoms with Crippen molar-refractivity contribution < 1.29 is 23.1 Å². The van der Waals surface area contributed by atoms with Crippen LogP contribution in [0, 0.1) is 5.82 Å². The van der Waals surface area contributed by atoms with Gasteiger partial charge in [0.1, 0.15) is 17.4 Å². The smallest absolute Gasteiger partial charge is 0.224 e. The highest BCUT2D eigenvalue weighted by molar-refractivity contribution is 7.09. The molecule has 4 heterocycles. The lowest BCUT2D eigenvalue weighted by atomic mass is 10.0. The van der Waals surface area contributed by atoms with Gasteiger partial charge in [-0.3, -0.25) is 4.79 Å². The SMILES string of the molecule is O=C(CCN(Cc1ccco1)c1nc(Cc2ccc(F)cc2)ns1)N1CCC2(CC1)OCCO2. The van der Waals surface area contributed by atoms with Crippen molar-refractivity contribution in [1.82, 2.24) is 14.3 Å². The van der Waals surface area contributed by atoms with E-state index < -0.39 is 5.79 Å². The van der Waals surface area contributed by atoms with Crippen LogP contribution in [0.1, 0.15) is 36.4 Å². The Morgan fingerprint density at radius 3 is 2.62 bits per heavy atom. The Labute approximate surface area is 201 Å². The van der Waals surface area contributed by atoms with E-state index in [4.69, 9.17) is 13.9 Å². The third-order valence-corrected chi connectivity index (χ3v) is 7.03. The molecule has 10 heteroatoms. The standard InChI is InChI=1S/C24H27FN4O4S/c25-19-5-3-18(4-6-19)16-21-26-23(34-27-21)29(17-20-2-1-13-31-20)10-7-22(30)28-11-8-24(9-12-28)32-14-15-33-24/h1-6,13H,7-12,14-17H2. The van der Waals surface area contributed by atoms with E-state index in [1.54, 1.807) is 18.4 Å². The molecule has 2 aromatic heterocycles. The number of nitrogens with zero attached hydrogens (tertiary/aromatic N) is 4. The number of likely N-dealkylation sites (tertiary alicyclic amines) is 1. The Morgan fingerprint density at radius 2 is 1.91 bits per heavy atom. The minimum Gasteiger partial charge on any atom is -0.467 e. The van der Waals surface area contributed by atoms with Crippen molar-refractivity contribution in [2.24, 2.45) is 0 Å². The number of hydrogen-bond acceptors (Lipinski definition) is 8. The summed E-state index contributed by atoms with van der Waals surface area (Å²) in [5, 5.41) is 0.728. The van der Waals surface area contributed by atoms with Crippen LogP contribution >= 0.6 is 11.5 Å². The predicted molar refractivity (Wildman–Crippen MR) is 124 cm³/mol. The number of halogens is 1. The van der Waals surface area contributed by atoms with E-state index in [9.17, 15) is 9.18 Å². The normalized spacial score (nSPS) is 17.4. The molecule has 8 nitrogen and oxygen atoms in total. The molecule has 1 spiro atoms. The Balaban J connectivity index is 1.21. The lowest BCUT2D eigenvalue weighted by molar-refractivity contribution is -0.187. The van der Waals surface area contributed by atoms with Crippen molar-refractivity contribution in [2.45, 2.75) is 38.0 Å². The van der Waals surface area contributed by atoms with Gasteiger partial charge in [-0.15, -0.1) is 0 Å². The summed E-state index contributed by atoms with van der Waals surface area (Å²) >= 11 is 1.29. The molecule has 180 valence electrons. The first-order chi connectivity index (χ1) is 16.6. The number of amides is 1. The summed E-state index contributed by atoms with van der Waals surface area (Å²) in [6.45, 7) is 3.52. The van der Waals surface area contributed by atoms with Crippen molar-refractivity contribution in [3.8, 4) is 0 Å². The largest absolute Gasteiger partial charge is 0.467 e. The summed E-state index contributed by atoms with van der Waals surface area (Å²) in [7, 11) is 0. The highest BCUT2D eigenvalue weighted by Gasteiger charge is 2.40. The van der Waals surface area contributed by atoms with Crippen LogP contribution in [-0.4, -0.2) is 58.8 Å². The molecular formula is C24H27FN4O4S. The van der Waals surface area contributed by atoms with Gasteiger partial charge in [0.25, 0.3) is 0 Å². The molecule has 0 N–H and O–H groups in total. The van der Waals surface area contributed by atoms with Gasteiger partial charge >= 0.3 is 0 Å². The molecule has 0 radical (unpaired) electrons. The third kappa shape index (κ3) is 5.45. The number of aromatic nitrogens is 2. The number of piperidine rings is 1. The summed E-state index contributed by atoms with van der Waals surface area (Å²) < 4.78 is 34.7. The van der Waals surface area contributed by atoms with Crippen LogP contribution < -0.4 is 4.90 Å². The van der Waals surface area contributed by atoms with Crippen LogP contribution in [0.5, 0.6) is 0 Å². The number of carbonyl (C=O) groups excluding carboxylic acids is 1. The van der Waals surface area contributed by atoms with Gasteiger partial charge in [-0.1, -0.05) is 12.1 Å². The summed E-state index contributed by atoms with van der Waals surface area (Å²) in [6.07, 6.45) is 3.93. The second-order valence-corrected chi connectivity index (χ2v) is 9.27. The van der Waals surface area contributed by atoms with Crippen LogP contribution in [0.15, 0.2) is 47.1 Å². The quantitative estimate of drug-likeness (QED) is 0.481. The molecule has 2 saturated heterocycles. The monoisotopic (exact) mass is 486 g/mol. The summed E-state index contributed by atoms with van der Waals surface area (Å²) in [5.41, 5.74) is 0.941. The fourth-order valence-corrected chi connectivity index (χ4v) is 5.04. The molecule has 3 aromatic rings. The molecule has 2 aliphatic rings. The number of furan rings is 1. The van der Waals surface area contributed by atoms with E-state index >= 15 is 0 Å². The minimum absolute atomic E-state index is 0.105. The first-order valence-electron chi connectivity index (χ1n) is 11.5. The molecule has 0 saturated carbocycles. The zero-order valence-electron chi connectivity index (χ0n) is 18.8. The number of carbonyl (C=O) groups is 1. The molecule has 34 heavy (non-hydrogen) atoms. The molecule has 2 aliphatic heterocycles. The lowest BCUT2D eigenvalue weighted by Gasteiger charge is -2.37. The maximum Gasteiger partial charge on any atom is 0.224 e. The Kier molecular flexibility index (Phi) is 6.89. The number of anilines is 1. The van der Waals surface area contributed by atoms with Gasteiger partial charge in [0, 0.05) is 56.9 Å². The van der Waals surface area contributed by atoms with Crippen LogP contribution in [0.2, 0.25) is 0 Å². The molecular weight excluding hydrogens is 459 g/mol. The zero-order chi connectivity index (χ0) is 23.4. The fraction of sp³-hybridized carbons (Fsp3) is 0.458. The average Bonchev–Trinajstić information content (AvgIpc) is 3.62. The van der Waals surface area contributed by atoms with E-state index in [2.05, 4.69) is 9.36 Å². The maximum absolute atomic E-state index is 13.2. The van der Waals surface area contributed by atoms with Crippen molar-refractivity contribution in [1.29, 1.82) is 0 Å². The van der Waals surface area contributed by atoms with Crippen molar-refractivity contribution in [2.75, 3.05) is 37.7 Å². The number of rotatable bonds is 8. The van der Waals surface area contributed by atoms with Gasteiger partial charge in [-0.05, 0) is 29.8 Å². The summed E-state index contributed by atoms with van der Waals surface area (Å²) in [6, 6.07) is 10.1. The Bertz CT molecular complexity index is 1070. The van der Waals surface area contributed by atoms with Crippen LogP contribution in [0.4, 0.5) is 9.52 Å². The van der Waals surface area contributed by atoms with Gasteiger partial charge in [0.2, 0.25) is 11.0 Å². The fourth-order valence-electron chi connectivity index (χ4n) is 4.33. The molecule has 0 unspecified atom stereocenters. The third-order valence-electron chi connectivity index (χ3n) is 6.22. The number of hydrogen-bond donors (Lipinski definition) is 0. The van der Waals surface area contributed by atoms with Gasteiger partial charge in [-0.2, -0.15) is 4.37 Å². The van der Waals surface area contributed by atoms with E-state index in [1.807, 2.05) is 21.9 Å². The second-order valence-electron chi connectivity index (χ2n) is 8.54. The topological polar surface area (TPSA) is 80.9 Å². The number of ether oxygens (including phenoxy) is 2. The Morgan fingerprint density at radius 1 is 1.15 bits per heavy atom. The zero-order valence-corrected chi connectivity index (χ0v) is 19.6. The first kappa shape index (κ1) is 22.9. The summed E-state index contributed by atoms with van der Waals surface area (Å²) in [5.74, 6) is 0.805. The lowest BCUT2D eigenvalue weighted by Crippen LogP contribution is -2.47. The van der Waals surface area contributed by atoms with Gasteiger partial charge in [-0.25, -0.2) is 9.37 Å². The van der Waals surface area contributed by atoms with Crippen LogP contribution in [-0.2, 0) is 27.2 Å². The predicted octanol–water partition coefficient (Wildman–Crippen LogP) is 3.62. The second kappa shape index (κ2) is 10.2. The van der Waals surface area contributed by atoms with Crippen LogP contribution in [0.3, 0.4) is 0 Å². The van der Waals surface area contributed by atoms with E-state index in [1.165, 1.54) is 23.7 Å². The van der Waals surface area contributed by atoms with E-state index in [0.717, 1.165) is 16.5 Å². The molecule has 1 aromatic carbocycles. The van der Waals surface area contributed by atoms with Gasteiger partial charge in [0.05, 0.1) is 26.0 Å². The maximum atomic E-state index is 13.2. The summed E-state index contributed by atoms with van der Waals surface area (Å²) in [4.78, 5) is 21.5. The number of benzene rings is 1. The Hall–Kier alpha value is -2.82. The molecule has 5 rings (SSSR count). The van der Waals surface area contributed by atoms with Crippen molar-refractivity contribution in [3.05, 3.63) is 65.6 Å². The highest BCUT2D eigenvalue weighted by Crippen LogP contribution is 2.31. The first-order valence-corrected chi connectivity index (χ1v) is 12.3. The van der Waals surface area contributed by atoms with E-state index in [0.29, 0.717) is 70.9 Å². The molecule has 0 aliphatic carbocycles. The highest BCUT2D eigenvalue weighted by atomic mass is 32.1. The van der Waals surface area contributed by atoms with Crippen molar-refractivity contribution >= 4 is 22.6 Å². The molecule has 0 bridgehead atoms. The van der Waals surface area contributed by atoms with Crippen LogP contribution in [0.25, 0.3) is 0 Å². The molecule has 0 atom stereocenters. The molecule has 1 amide bonds. The van der Waals surface area contributed by atoms with Crippen molar-refractivity contribution in [3.63, 3.8) is 0 Å². The molecule has 2 fully saturated rings.